The SMILES string of the molecule is O=C1[C@H](Nc2cc(F)cc(Br)c2)CCN1C1CC1. The Bertz CT molecular complexity index is 470. The van der Waals surface area contributed by atoms with Crippen molar-refractivity contribution >= 4 is 27.5 Å². The maximum atomic E-state index is 13.2. The summed E-state index contributed by atoms with van der Waals surface area (Å²) in [7, 11) is 0. The summed E-state index contributed by atoms with van der Waals surface area (Å²) < 4.78 is 13.9. The van der Waals surface area contributed by atoms with Crippen LogP contribution in [0, 0.1) is 5.82 Å². The molecule has 1 atom stereocenters. The third-order valence-electron chi connectivity index (χ3n) is 3.43. The van der Waals surface area contributed by atoms with Crippen molar-refractivity contribution in [3.05, 3.63) is 28.5 Å². The Hall–Kier alpha value is -1.10. The lowest BCUT2D eigenvalue weighted by atomic mass is 10.2. The van der Waals surface area contributed by atoms with E-state index in [1.165, 1.54) is 12.1 Å². The lowest BCUT2D eigenvalue weighted by molar-refractivity contribution is -0.128. The van der Waals surface area contributed by atoms with Crippen molar-refractivity contribution in [1.82, 2.24) is 4.90 Å². The Kier molecular flexibility index (Phi) is 3.01. The highest BCUT2D eigenvalue weighted by atomic mass is 79.9. The number of benzene rings is 1. The predicted octanol–water partition coefficient (Wildman–Crippen LogP) is 2.76. The molecule has 5 heteroatoms. The summed E-state index contributed by atoms with van der Waals surface area (Å²) in [6.07, 6.45) is 3.05. The van der Waals surface area contributed by atoms with Crippen molar-refractivity contribution in [2.45, 2.75) is 31.3 Å². The lowest BCUT2D eigenvalue weighted by Gasteiger charge is -2.17. The van der Waals surface area contributed by atoms with Crippen LogP contribution in [0.2, 0.25) is 0 Å². The molecule has 1 N–H and O–H groups in total. The average molecular weight is 313 g/mol. The van der Waals surface area contributed by atoms with Crippen LogP contribution >= 0.6 is 15.9 Å². The number of nitrogens with zero attached hydrogens (tertiary/aromatic N) is 1. The number of amides is 1. The molecule has 1 aromatic rings. The second-order valence-electron chi connectivity index (χ2n) is 4.91. The van der Waals surface area contributed by atoms with E-state index in [4.69, 9.17) is 0 Å². The molecule has 0 spiro atoms. The first-order valence-electron chi connectivity index (χ1n) is 6.16. The number of likely N-dealkylation sites (tertiary alicyclic amines) is 1. The molecule has 1 heterocycles. The molecular formula is C13H14BrFN2O. The van der Waals surface area contributed by atoms with Gasteiger partial charge in [-0.3, -0.25) is 4.79 Å². The molecule has 0 unspecified atom stereocenters. The maximum absolute atomic E-state index is 13.2. The van der Waals surface area contributed by atoms with E-state index in [0.29, 0.717) is 16.2 Å². The van der Waals surface area contributed by atoms with Crippen LogP contribution in [0.15, 0.2) is 22.7 Å². The molecule has 1 saturated heterocycles. The standard InChI is InChI=1S/C13H14BrFN2O/c14-8-5-9(15)7-10(6-8)16-12-3-4-17(13(12)18)11-1-2-11/h5-7,11-12,16H,1-4H2/t12-/m1/s1. The Labute approximate surface area is 113 Å². The Morgan fingerprint density at radius 3 is 2.72 bits per heavy atom. The quantitative estimate of drug-likeness (QED) is 0.931. The highest BCUT2D eigenvalue weighted by Gasteiger charge is 2.40. The number of nitrogens with one attached hydrogen (secondary N) is 1. The average Bonchev–Trinajstić information content (AvgIpc) is 3.05. The number of rotatable bonds is 3. The summed E-state index contributed by atoms with van der Waals surface area (Å²) in [6.45, 7) is 0.817. The fourth-order valence-electron chi connectivity index (χ4n) is 2.42. The molecule has 3 rings (SSSR count). The van der Waals surface area contributed by atoms with Crippen LogP contribution < -0.4 is 5.32 Å². The van der Waals surface area contributed by atoms with Crippen LogP contribution in [0.3, 0.4) is 0 Å². The van der Waals surface area contributed by atoms with Gasteiger partial charge in [0.25, 0.3) is 0 Å². The molecule has 3 nitrogen and oxygen atoms in total. The van der Waals surface area contributed by atoms with Gasteiger partial charge in [-0.1, -0.05) is 15.9 Å². The Morgan fingerprint density at radius 1 is 1.28 bits per heavy atom. The van der Waals surface area contributed by atoms with Gasteiger partial charge in [-0.25, -0.2) is 4.39 Å². The third-order valence-corrected chi connectivity index (χ3v) is 3.89. The number of anilines is 1. The summed E-state index contributed by atoms with van der Waals surface area (Å²) in [6, 6.07) is 4.86. The van der Waals surface area contributed by atoms with Gasteiger partial charge in [0.15, 0.2) is 0 Å². The van der Waals surface area contributed by atoms with Crippen molar-refractivity contribution in [1.29, 1.82) is 0 Å². The van der Waals surface area contributed by atoms with Gasteiger partial charge < -0.3 is 10.2 Å². The smallest absolute Gasteiger partial charge is 0.245 e. The van der Waals surface area contributed by atoms with E-state index >= 15 is 0 Å². The molecule has 1 aliphatic heterocycles. The summed E-state index contributed by atoms with van der Waals surface area (Å²) in [5, 5.41) is 3.12. The Morgan fingerprint density at radius 2 is 2.06 bits per heavy atom. The lowest BCUT2D eigenvalue weighted by Crippen LogP contribution is -2.34. The first kappa shape index (κ1) is 12.0. The normalized spacial score (nSPS) is 23.6. The van der Waals surface area contributed by atoms with Gasteiger partial charge in [0.2, 0.25) is 5.91 Å². The second-order valence-corrected chi connectivity index (χ2v) is 5.82. The van der Waals surface area contributed by atoms with E-state index < -0.39 is 0 Å². The minimum absolute atomic E-state index is 0.151. The monoisotopic (exact) mass is 312 g/mol. The number of carbonyl (C=O) groups is 1. The Balaban J connectivity index is 1.71. The molecular weight excluding hydrogens is 299 g/mol. The number of hydrogen-bond acceptors (Lipinski definition) is 2. The van der Waals surface area contributed by atoms with Crippen LogP contribution in [0.5, 0.6) is 0 Å². The molecule has 1 saturated carbocycles. The predicted molar refractivity (Wildman–Crippen MR) is 70.9 cm³/mol. The van der Waals surface area contributed by atoms with E-state index in [1.54, 1.807) is 6.07 Å². The van der Waals surface area contributed by atoms with Crippen LogP contribution in [-0.4, -0.2) is 29.4 Å². The fourth-order valence-corrected chi connectivity index (χ4v) is 2.89. The van der Waals surface area contributed by atoms with Gasteiger partial charge in [0.1, 0.15) is 11.9 Å². The summed E-state index contributed by atoms with van der Waals surface area (Å²) in [4.78, 5) is 14.1. The third kappa shape index (κ3) is 2.36. The molecule has 2 aliphatic rings. The number of halogens is 2. The molecule has 0 bridgehead atoms. The van der Waals surface area contributed by atoms with Gasteiger partial charge in [-0.15, -0.1) is 0 Å². The van der Waals surface area contributed by atoms with E-state index in [2.05, 4.69) is 21.2 Å². The topological polar surface area (TPSA) is 32.3 Å². The van der Waals surface area contributed by atoms with Crippen molar-refractivity contribution in [2.24, 2.45) is 0 Å². The summed E-state index contributed by atoms with van der Waals surface area (Å²) in [5.41, 5.74) is 0.651. The summed E-state index contributed by atoms with van der Waals surface area (Å²) in [5.74, 6) is -0.158. The molecule has 1 amide bonds. The highest BCUT2D eigenvalue weighted by molar-refractivity contribution is 9.10. The van der Waals surface area contributed by atoms with Crippen molar-refractivity contribution in [3.63, 3.8) is 0 Å². The van der Waals surface area contributed by atoms with E-state index in [1.807, 2.05) is 4.90 Å². The fraction of sp³-hybridized carbons (Fsp3) is 0.462. The van der Waals surface area contributed by atoms with Crippen LogP contribution in [0.4, 0.5) is 10.1 Å². The molecule has 96 valence electrons. The van der Waals surface area contributed by atoms with E-state index in [9.17, 15) is 9.18 Å². The summed E-state index contributed by atoms with van der Waals surface area (Å²) >= 11 is 3.25. The first-order chi connectivity index (χ1) is 8.63. The van der Waals surface area contributed by atoms with E-state index in [-0.39, 0.29) is 17.8 Å². The number of hydrogen-bond donors (Lipinski definition) is 1. The highest BCUT2D eigenvalue weighted by Crippen LogP contribution is 2.31. The molecule has 1 aromatic carbocycles. The molecule has 0 radical (unpaired) electrons. The van der Waals surface area contributed by atoms with Crippen molar-refractivity contribution < 1.29 is 9.18 Å². The van der Waals surface area contributed by atoms with Crippen LogP contribution in [-0.2, 0) is 4.79 Å². The van der Waals surface area contributed by atoms with Gasteiger partial charge in [-0.2, -0.15) is 0 Å². The van der Waals surface area contributed by atoms with Crippen LogP contribution in [0.1, 0.15) is 19.3 Å². The molecule has 2 fully saturated rings. The number of carbonyl (C=O) groups excluding carboxylic acids is 1. The van der Waals surface area contributed by atoms with E-state index in [0.717, 1.165) is 25.8 Å². The van der Waals surface area contributed by atoms with Gasteiger partial charge >= 0.3 is 0 Å². The zero-order valence-electron chi connectivity index (χ0n) is 9.83. The van der Waals surface area contributed by atoms with Crippen molar-refractivity contribution in [3.8, 4) is 0 Å². The zero-order chi connectivity index (χ0) is 12.7. The molecule has 0 aromatic heterocycles. The zero-order valence-corrected chi connectivity index (χ0v) is 11.4. The molecule has 18 heavy (non-hydrogen) atoms. The minimum Gasteiger partial charge on any atom is -0.374 e. The maximum Gasteiger partial charge on any atom is 0.245 e. The van der Waals surface area contributed by atoms with Gasteiger partial charge in [0, 0.05) is 22.7 Å². The van der Waals surface area contributed by atoms with Gasteiger partial charge in [0.05, 0.1) is 0 Å². The first-order valence-corrected chi connectivity index (χ1v) is 6.96. The van der Waals surface area contributed by atoms with Crippen molar-refractivity contribution in [2.75, 3.05) is 11.9 Å². The second kappa shape index (κ2) is 4.53. The largest absolute Gasteiger partial charge is 0.374 e. The van der Waals surface area contributed by atoms with Crippen LogP contribution in [0.25, 0.3) is 0 Å². The van der Waals surface area contributed by atoms with Gasteiger partial charge in [-0.05, 0) is 37.5 Å². The molecule has 1 aliphatic carbocycles. The minimum atomic E-state index is -0.309.